The number of hydrogen-bond acceptors (Lipinski definition) is 4. The number of thiophene rings is 1. The number of nitrogens with one attached hydrogen (secondary N) is 1. The van der Waals surface area contributed by atoms with Crippen LogP contribution in [-0.2, 0) is 16.1 Å². The molecule has 0 spiro atoms. The molecule has 1 aromatic heterocycles. The van der Waals surface area contributed by atoms with Crippen molar-refractivity contribution in [1.29, 1.82) is 0 Å². The number of carbonyl (C=O) groups excluding carboxylic acids is 1. The lowest BCUT2D eigenvalue weighted by Gasteiger charge is -2.09. The minimum Gasteiger partial charge on any atom is -0.497 e. The molecule has 1 amide bonds. The zero-order valence-corrected chi connectivity index (χ0v) is 14.8. The van der Waals surface area contributed by atoms with E-state index in [9.17, 15) is 9.59 Å². The molecule has 1 aliphatic carbocycles. The molecule has 5 nitrogen and oxygen atoms in total. The van der Waals surface area contributed by atoms with Crippen LogP contribution < -0.4 is 10.1 Å². The monoisotopic (exact) mass is 359 g/mol. The van der Waals surface area contributed by atoms with Gasteiger partial charge in [0, 0.05) is 15.7 Å². The third kappa shape index (κ3) is 4.20. The van der Waals surface area contributed by atoms with E-state index in [2.05, 4.69) is 5.32 Å². The fourth-order valence-electron chi connectivity index (χ4n) is 3.15. The highest BCUT2D eigenvalue weighted by molar-refractivity contribution is 7.15. The molecule has 132 valence electrons. The van der Waals surface area contributed by atoms with Gasteiger partial charge >= 0.3 is 5.97 Å². The van der Waals surface area contributed by atoms with Crippen LogP contribution in [0.15, 0.2) is 36.4 Å². The number of hydrogen-bond donors (Lipinski definition) is 2. The van der Waals surface area contributed by atoms with Gasteiger partial charge in [-0.25, -0.2) is 0 Å². The molecule has 2 N–H and O–H groups in total. The third-order valence-corrected chi connectivity index (χ3v) is 5.76. The maximum Gasteiger partial charge on any atom is 0.306 e. The molecule has 6 heteroatoms. The average molecular weight is 359 g/mol. The number of methoxy groups -OCH3 is 1. The summed E-state index contributed by atoms with van der Waals surface area (Å²) in [5, 5.41) is 12.0. The van der Waals surface area contributed by atoms with Crippen molar-refractivity contribution < 1.29 is 19.4 Å². The Hall–Kier alpha value is -2.34. The van der Waals surface area contributed by atoms with Gasteiger partial charge in [-0.3, -0.25) is 9.59 Å². The van der Waals surface area contributed by atoms with Gasteiger partial charge in [-0.15, -0.1) is 11.3 Å². The van der Waals surface area contributed by atoms with Crippen molar-refractivity contribution in [3.63, 3.8) is 0 Å². The fraction of sp³-hybridized carbons (Fsp3) is 0.368. The van der Waals surface area contributed by atoms with E-state index in [1.807, 2.05) is 36.4 Å². The van der Waals surface area contributed by atoms with Gasteiger partial charge in [-0.05, 0) is 61.2 Å². The minimum atomic E-state index is -0.794. The lowest BCUT2D eigenvalue weighted by molar-refractivity contribution is -0.141. The largest absolute Gasteiger partial charge is 0.497 e. The Morgan fingerprint density at radius 3 is 2.52 bits per heavy atom. The number of ether oxygens (including phenoxy) is 1. The summed E-state index contributed by atoms with van der Waals surface area (Å²) in [7, 11) is 1.64. The molecular weight excluding hydrogens is 338 g/mol. The number of carboxylic acid groups (broad SMARTS) is 1. The third-order valence-electron chi connectivity index (χ3n) is 4.63. The maximum atomic E-state index is 12.2. The van der Waals surface area contributed by atoms with Gasteiger partial charge in [0.2, 0.25) is 5.91 Å². The number of amides is 1. The smallest absolute Gasteiger partial charge is 0.306 e. The average Bonchev–Trinajstić information content (AvgIpc) is 3.29. The predicted octanol–water partition coefficient (Wildman–Crippen LogP) is 3.54. The molecule has 0 saturated heterocycles. The molecule has 1 aromatic carbocycles. The first-order valence-corrected chi connectivity index (χ1v) is 9.12. The topological polar surface area (TPSA) is 75.6 Å². The first-order valence-electron chi connectivity index (χ1n) is 8.30. The summed E-state index contributed by atoms with van der Waals surface area (Å²) < 4.78 is 5.17. The second kappa shape index (κ2) is 7.70. The maximum absolute atomic E-state index is 12.2. The molecule has 1 aliphatic rings. The molecule has 1 heterocycles. The van der Waals surface area contributed by atoms with Crippen molar-refractivity contribution in [3.8, 4) is 16.2 Å². The molecule has 1 fully saturated rings. The Balaban J connectivity index is 1.55. The van der Waals surface area contributed by atoms with Crippen molar-refractivity contribution in [2.24, 2.45) is 11.8 Å². The SMILES string of the molecule is COc1ccc(-c2ccc(CNC(=O)[C@@H]3CC[C@H](C(=O)O)C3)s2)cc1. The summed E-state index contributed by atoms with van der Waals surface area (Å²) in [6.45, 7) is 0.480. The van der Waals surface area contributed by atoms with Crippen molar-refractivity contribution in [1.82, 2.24) is 5.32 Å². The van der Waals surface area contributed by atoms with Crippen molar-refractivity contribution >= 4 is 23.2 Å². The summed E-state index contributed by atoms with van der Waals surface area (Å²) in [6.07, 6.45) is 1.70. The van der Waals surface area contributed by atoms with Gasteiger partial charge in [-0.1, -0.05) is 0 Å². The van der Waals surface area contributed by atoms with E-state index < -0.39 is 5.97 Å². The zero-order chi connectivity index (χ0) is 17.8. The van der Waals surface area contributed by atoms with E-state index in [0.29, 0.717) is 25.8 Å². The van der Waals surface area contributed by atoms with E-state index in [1.54, 1.807) is 18.4 Å². The Labute approximate surface area is 150 Å². The van der Waals surface area contributed by atoms with E-state index in [4.69, 9.17) is 9.84 Å². The summed E-state index contributed by atoms with van der Waals surface area (Å²) >= 11 is 1.64. The lowest BCUT2D eigenvalue weighted by Crippen LogP contribution is -2.29. The summed E-state index contributed by atoms with van der Waals surface area (Å²) in [5.41, 5.74) is 1.11. The normalized spacial score (nSPS) is 19.6. The van der Waals surface area contributed by atoms with Crippen LogP contribution in [-0.4, -0.2) is 24.1 Å². The van der Waals surface area contributed by atoms with Gasteiger partial charge in [0.05, 0.1) is 19.6 Å². The van der Waals surface area contributed by atoms with Gasteiger partial charge < -0.3 is 15.2 Å². The molecule has 2 aromatic rings. The Morgan fingerprint density at radius 1 is 1.16 bits per heavy atom. The standard InChI is InChI=1S/C19H21NO4S/c1-24-15-6-4-12(5-7-15)17-9-8-16(25-17)11-20-18(21)13-2-3-14(10-13)19(22)23/h4-9,13-14H,2-3,10-11H2,1H3,(H,20,21)(H,22,23)/t13-,14+/m1/s1. The van der Waals surface area contributed by atoms with Crippen molar-refractivity contribution in [2.75, 3.05) is 7.11 Å². The number of carboxylic acids is 1. The van der Waals surface area contributed by atoms with Crippen LogP contribution in [0.1, 0.15) is 24.1 Å². The number of carbonyl (C=O) groups is 2. The summed E-state index contributed by atoms with van der Waals surface area (Å²) in [5.74, 6) is -0.564. The quantitative estimate of drug-likeness (QED) is 0.827. The molecular formula is C19H21NO4S. The van der Waals surface area contributed by atoms with Gasteiger partial charge in [-0.2, -0.15) is 0 Å². The number of aliphatic carboxylic acids is 1. The second-order valence-electron chi connectivity index (χ2n) is 6.26. The molecule has 3 rings (SSSR count). The fourth-order valence-corrected chi connectivity index (χ4v) is 4.10. The second-order valence-corrected chi connectivity index (χ2v) is 7.43. The molecule has 0 aliphatic heterocycles. The van der Waals surface area contributed by atoms with E-state index in [-0.39, 0.29) is 17.7 Å². The molecule has 25 heavy (non-hydrogen) atoms. The minimum absolute atomic E-state index is 0.0388. The highest BCUT2D eigenvalue weighted by Gasteiger charge is 2.33. The summed E-state index contributed by atoms with van der Waals surface area (Å²) in [6, 6.07) is 11.9. The highest BCUT2D eigenvalue weighted by atomic mass is 32.1. The van der Waals surface area contributed by atoms with E-state index in [1.165, 1.54) is 0 Å². The molecule has 0 unspecified atom stereocenters. The zero-order valence-electron chi connectivity index (χ0n) is 14.0. The van der Waals surface area contributed by atoms with Crippen LogP contribution in [0.2, 0.25) is 0 Å². The Kier molecular flexibility index (Phi) is 5.38. The van der Waals surface area contributed by atoms with Gasteiger partial charge in [0.25, 0.3) is 0 Å². The van der Waals surface area contributed by atoms with Crippen LogP contribution in [0.3, 0.4) is 0 Å². The molecule has 2 atom stereocenters. The van der Waals surface area contributed by atoms with Gasteiger partial charge in [0.1, 0.15) is 5.75 Å². The predicted molar refractivity (Wildman–Crippen MR) is 96.6 cm³/mol. The Bertz CT molecular complexity index is 753. The summed E-state index contributed by atoms with van der Waals surface area (Å²) in [4.78, 5) is 25.4. The number of benzene rings is 1. The molecule has 0 bridgehead atoms. The van der Waals surface area contributed by atoms with Crippen LogP contribution in [0.5, 0.6) is 5.75 Å². The van der Waals surface area contributed by atoms with Gasteiger partial charge in [0.15, 0.2) is 0 Å². The molecule has 1 saturated carbocycles. The van der Waals surface area contributed by atoms with Crippen LogP contribution in [0.25, 0.3) is 10.4 Å². The Morgan fingerprint density at radius 2 is 1.88 bits per heavy atom. The lowest BCUT2D eigenvalue weighted by atomic mass is 10.0. The first-order chi connectivity index (χ1) is 12.1. The van der Waals surface area contributed by atoms with Crippen LogP contribution >= 0.6 is 11.3 Å². The number of rotatable bonds is 6. The van der Waals surface area contributed by atoms with Crippen molar-refractivity contribution in [3.05, 3.63) is 41.3 Å². The first kappa shape index (κ1) is 17.5. The molecule has 0 radical (unpaired) electrons. The van der Waals surface area contributed by atoms with E-state index >= 15 is 0 Å². The van der Waals surface area contributed by atoms with Crippen molar-refractivity contribution in [2.45, 2.75) is 25.8 Å². The highest BCUT2D eigenvalue weighted by Crippen LogP contribution is 2.32. The van der Waals surface area contributed by atoms with E-state index in [0.717, 1.165) is 21.1 Å². The van der Waals surface area contributed by atoms with Crippen LogP contribution in [0, 0.1) is 11.8 Å². The van der Waals surface area contributed by atoms with Crippen LogP contribution in [0.4, 0.5) is 0 Å².